The van der Waals surface area contributed by atoms with Gasteiger partial charge >= 0.3 is 0 Å². The van der Waals surface area contributed by atoms with E-state index in [1.165, 1.54) is 0 Å². The molecule has 0 bridgehead atoms. The van der Waals surface area contributed by atoms with E-state index in [1.54, 1.807) is 0 Å². The van der Waals surface area contributed by atoms with Gasteiger partial charge in [0.1, 0.15) is 0 Å². The molecule has 0 heterocycles. The molecule has 0 radical (unpaired) electrons. The number of nitrogens with one attached hydrogen (secondary N) is 1. The van der Waals surface area contributed by atoms with Crippen LogP contribution in [-0.4, -0.2) is 5.91 Å². The van der Waals surface area contributed by atoms with Crippen LogP contribution in [-0.2, 0) is 0 Å². The standard InChI is InChI=1S/C21H15NO/c23-21(15-8-2-1-3-9-15)22-20-18-12-6-4-10-16(18)14-17-11-5-7-13-19(17)20/h1-14H,(H,22,23). The SMILES string of the molecule is O=C(Nc1c2ccccc2cc2ccccc12)c1ccccc1. The van der Waals surface area contributed by atoms with Crippen molar-refractivity contribution in [1.82, 2.24) is 0 Å². The molecule has 4 rings (SSSR count). The number of hydrogen-bond donors (Lipinski definition) is 1. The van der Waals surface area contributed by atoms with Crippen molar-refractivity contribution in [3.63, 3.8) is 0 Å². The number of amides is 1. The van der Waals surface area contributed by atoms with E-state index in [0.717, 1.165) is 27.2 Å². The molecule has 2 heteroatoms. The van der Waals surface area contributed by atoms with Crippen molar-refractivity contribution in [3.05, 3.63) is 90.5 Å². The Morgan fingerprint density at radius 2 is 1.17 bits per heavy atom. The highest BCUT2D eigenvalue weighted by atomic mass is 16.1. The van der Waals surface area contributed by atoms with Gasteiger partial charge in [0.05, 0.1) is 5.69 Å². The van der Waals surface area contributed by atoms with Gasteiger partial charge in [0.25, 0.3) is 5.91 Å². The van der Waals surface area contributed by atoms with Gasteiger partial charge < -0.3 is 5.32 Å². The van der Waals surface area contributed by atoms with Crippen molar-refractivity contribution in [1.29, 1.82) is 0 Å². The van der Waals surface area contributed by atoms with Crippen LogP contribution in [0.15, 0.2) is 84.9 Å². The molecule has 2 nitrogen and oxygen atoms in total. The average molecular weight is 297 g/mol. The molecule has 0 aliphatic rings. The zero-order chi connectivity index (χ0) is 15.6. The van der Waals surface area contributed by atoms with E-state index in [4.69, 9.17) is 0 Å². The normalized spacial score (nSPS) is 10.8. The summed E-state index contributed by atoms with van der Waals surface area (Å²) in [4.78, 5) is 12.6. The first kappa shape index (κ1) is 13.5. The summed E-state index contributed by atoms with van der Waals surface area (Å²) in [6, 6.07) is 27.7. The Morgan fingerprint density at radius 1 is 0.652 bits per heavy atom. The third-order valence-electron chi connectivity index (χ3n) is 4.05. The number of carbonyl (C=O) groups is 1. The summed E-state index contributed by atoms with van der Waals surface area (Å²) in [6.07, 6.45) is 0. The van der Waals surface area contributed by atoms with Gasteiger partial charge in [-0.15, -0.1) is 0 Å². The van der Waals surface area contributed by atoms with Crippen LogP contribution >= 0.6 is 0 Å². The summed E-state index contributed by atoms with van der Waals surface area (Å²) in [5, 5.41) is 7.45. The molecule has 23 heavy (non-hydrogen) atoms. The van der Waals surface area contributed by atoms with Gasteiger partial charge in [-0.05, 0) is 29.0 Å². The van der Waals surface area contributed by atoms with Crippen molar-refractivity contribution in [3.8, 4) is 0 Å². The molecular weight excluding hydrogens is 282 g/mol. The van der Waals surface area contributed by atoms with Crippen LogP contribution in [0.3, 0.4) is 0 Å². The fraction of sp³-hybridized carbons (Fsp3) is 0. The fourth-order valence-electron chi connectivity index (χ4n) is 2.92. The fourth-order valence-corrected chi connectivity index (χ4v) is 2.92. The lowest BCUT2D eigenvalue weighted by molar-refractivity contribution is 0.102. The zero-order valence-electron chi connectivity index (χ0n) is 12.5. The van der Waals surface area contributed by atoms with Crippen LogP contribution in [0.25, 0.3) is 21.5 Å². The highest BCUT2D eigenvalue weighted by molar-refractivity contribution is 6.17. The third kappa shape index (κ3) is 2.44. The van der Waals surface area contributed by atoms with Crippen molar-refractivity contribution in [2.75, 3.05) is 5.32 Å². The van der Waals surface area contributed by atoms with Gasteiger partial charge in [0.2, 0.25) is 0 Å². The first-order chi connectivity index (χ1) is 11.3. The van der Waals surface area contributed by atoms with Gasteiger partial charge in [-0.25, -0.2) is 0 Å². The molecule has 4 aromatic carbocycles. The number of benzene rings is 4. The molecule has 0 aliphatic heterocycles. The van der Waals surface area contributed by atoms with Crippen LogP contribution in [0.2, 0.25) is 0 Å². The van der Waals surface area contributed by atoms with Crippen LogP contribution in [0.4, 0.5) is 5.69 Å². The molecule has 110 valence electrons. The van der Waals surface area contributed by atoms with Crippen molar-refractivity contribution < 1.29 is 4.79 Å². The zero-order valence-corrected chi connectivity index (χ0v) is 12.5. The van der Waals surface area contributed by atoms with E-state index in [2.05, 4.69) is 23.5 Å². The van der Waals surface area contributed by atoms with Crippen LogP contribution < -0.4 is 5.32 Å². The van der Waals surface area contributed by atoms with E-state index in [0.29, 0.717) is 5.56 Å². The van der Waals surface area contributed by atoms with E-state index < -0.39 is 0 Å². The van der Waals surface area contributed by atoms with E-state index >= 15 is 0 Å². The predicted octanol–water partition coefficient (Wildman–Crippen LogP) is 5.25. The Kier molecular flexibility index (Phi) is 3.28. The number of rotatable bonds is 2. The highest BCUT2D eigenvalue weighted by Crippen LogP contribution is 2.33. The number of anilines is 1. The summed E-state index contributed by atoms with van der Waals surface area (Å²) in [6.45, 7) is 0. The maximum Gasteiger partial charge on any atom is 0.255 e. The first-order valence-electron chi connectivity index (χ1n) is 7.60. The van der Waals surface area contributed by atoms with E-state index in [1.807, 2.05) is 66.7 Å². The summed E-state index contributed by atoms with van der Waals surface area (Å²) in [5.74, 6) is -0.0906. The summed E-state index contributed by atoms with van der Waals surface area (Å²) >= 11 is 0. The second-order valence-corrected chi connectivity index (χ2v) is 5.51. The topological polar surface area (TPSA) is 29.1 Å². The summed E-state index contributed by atoms with van der Waals surface area (Å²) in [7, 11) is 0. The lowest BCUT2D eigenvalue weighted by atomic mass is 10.0. The minimum Gasteiger partial charge on any atom is -0.321 e. The molecule has 0 saturated carbocycles. The molecule has 1 amide bonds. The lowest BCUT2D eigenvalue weighted by Crippen LogP contribution is -2.12. The van der Waals surface area contributed by atoms with Gasteiger partial charge in [0, 0.05) is 16.3 Å². The Hall–Kier alpha value is -3.13. The molecule has 0 aliphatic carbocycles. The smallest absolute Gasteiger partial charge is 0.255 e. The van der Waals surface area contributed by atoms with Crippen molar-refractivity contribution in [2.45, 2.75) is 0 Å². The molecular formula is C21H15NO. The second kappa shape index (κ2) is 5.58. The largest absolute Gasteiger partial charge is 0.321 e. The van der Waals surface area contributed by atoms with Crippen LogP contribution in [0.1, 0.15) is 10.4 Å². The van der Waals surface area contributed by atoms with Gasteiger partial charge in [-0.3, -0.25) is 4.79 Å². The quantitative estimate of drug-likeness (QED) is 0.503. The average Bonchev–Trinajstić information content (AvgIpc) is 2.62. The molecule has 0 fully saturated rings. The summed E-state index contributed by atoms with van der Waals surface area (Å²) < 4.78 is 0. The maximum absolute atomic E-state index is 12.6. The highest BCUT2D eigenvalue weighted by Gasteiger charge is 2.11. The number of fused-ring (bicyclic) bond motifs is 2. The van der Waals surface area contributed by atoms with Gasteiger partial charge in [-0.1, -0.05) is 66.7 Å². The Bertz CT molecular complexity index is 952. The molecule has 1 N–H and O–H groups in total. The van der Waals surface area contributed by atoms with Crippen molar-refractivity contribution in [2.24, 2.45) is 0 Å². The van der Waals surface area contributed by atoms with Crippen LogP contribution in [0.5, 0.6) is 0 Å². The molecule has 0 saturated heterocycles. The Morgan fingerprint density at radius 3 is 1.78 bits per heavy atom. The molecule has 0 atom stereocenters. The van der Waals surface area contributed by atoms with E-state index in [-0.39, 0.29) is 5.91 Å². The minimum absolute atomic E-state index is 0.0906. The molecule has 0 unspecified atom stereocenters. The summed E-state index contributed by atoms with van der Waals surface area (Å²) in [5.41, 5.74) is 1.53. The molecule has 0 aromatic heterocycles. The Labute approximate surface area is 134 Å². The lowest BCUT2D eigenvalue weighted by Gasteiger charge is -2.13. The third-order valence-corrected chi connectivity index (χ3v) is 4.05. The monoisotopic (exact) mass is 297 g/mol. The minimum atomic E-state index is -0.0906. The van der Waals surface area contributed by atoms with Crippen LogP contribution in [0, 0.1) is 0 Å². The van der Waals surface area contributed by atoms with Gasteiger partial charge in [-0.2, -0.15) is 0 Å². The predicted molar refractivity (Wildman–Crippen MR) is 95.8 cm³/mol. The van der Waals surface area contributed by atoms with E-state index in [9.17, 15) is 4.79 Å². The molecule has 4 aromatic rings. The van der Waals surface area contributed by atoms with Crippen molar-refractivity contribution >= 4 is 33.1 Å². The number of carbonyl (C=O) groups excluding carboxylic acids is 1. The maximum atomic E-state index is 12.6. The number of hydrogen-bond acceptors (Lipinski definition) is 1. The first-order valence-corrected chi connectivity index (χ1v) is 7.60. The molecule has 0 spiro atoms. The second-order valence-electron chi connectivity index (χ2n) is 5.51. The van der Waals surface area contributed by atoms with Gasteiger partial charge in [0.15, 0.2) is 0 Å². The Balaban J connectivity index is 1.91.